The average molecular weight is 365 g/mol. The number of hydrogen-bond donors (Lipinski definition) is 1. The monoisotopic (exact) mass is 365 g/mol. The smallest absolute Gasteiger partial charge is 0.254 e. The third-order valence-electron chi connectivity index (χ3n) is 5.31. The number of carbonyl (C=O) groups excluding carboxylic acids is 1. The van der Waals surface area contributed by atoms with Gasteiger partial charge in [0, 0.05) is 37.3 Å². The SMILES string of the molecule is CCN(CC)S(=O)(=O)c1cccc(C(=O)N2C3CCNCC2CC3)c1. The van der Waals surface area contributed by atoms with Crippen LogP contribution in [0, 0.1) is 0 Å². The van der Waals surface area contributed by atoms with Crippen molar-refractivity contribution in [3.8, 4) is 0 Å². The molecule has 2 aliphatic rings. The zero-order valence-electron chi connectivity index (χ0n) is 14.9. The fraction of sp³-hybridized carbons (Fsp3) is 0.611. The van der Waals surface area contributed by atoms with Crippen LogP contribution < -0.4 is 5.32 Å². The van der Waals surface area contributed by atoms with Gasteiger partial charge in [-0.1, -0.05) is 19.9 Å². The van der Waals surface area contributed by atoms with Crippen LogP contribution in [0.15, 0.2) is 29.2 Å². The van der Waals surface area contributed by atoms with Gasteiger partial charge < -0.3 is 10.2 Å². The molecule has 2 atom stereocenters. The Bertz CT molecular complexity index is 717. The van der Waals surface area contributed by atoms with Crippen molar-refractivity contribution >= 4 is 15.9 Å². The molecular formula is C18H27N3O3S. The van der Waals surface area contributed by atoms with Gasteiger partial charge in [-0.2, -0.15) is 4.31 Å². The second-order valence-corrected chi connectivity index (χ2v) is 8.65. The molecule has 1 amide bonds. The van der Waals surface area contributed by atoms with Crippen molar-refractivity contribution in [3.63, 3.8) is 0 Å². The molecule has 0 aromatic heterocycles. The fourth-order valence-corrected chi connectivity index (χ4v) is 5.47. The van der Waals surface area contributed by atoms with Crippen molar-refractivity contribution in [1.82, 2.24) is 14.5 Å². The van der Waals surface area contributed by atoms with Crippen LogP contribution in [0.4, 0.5) is 0 Å². The molecule has 0 radical (unpaired) electrons. The van der Waals surface area contributed by atoms with Crippen molar-refractivity contribution in [2.24, 2.45) is 0 Å². The molecule has 6 nitrogen and oxygen atoms in total. The normalized spacial score (nSPS) is 23.7. The van der Waals surface area contributed by atoms with E-state index in [-0.39, 0.29) is 22.9 Å². The summed E-state index contributed by atoms with van der Waals surface area (Å²) in [5, 5.41) is 3.38. The molecule has 7 heteroatoms. The number of nitrogens with one attached hydrogen (secondary N) is 1. The lowest BCUT2D eigenvalue weighted by molar-refractivity contribution is 0.0680. The van der Waals surface area contributed by atoms with Crippen molar-refractivity contribution in [1.29, 1.82) is 0 Å². The molecule has 0 aliphatic carbocycles. The van der Waals surface area contributed by atoms with Crippen LogP contribution in [-0.2, 0) is 10.0 Å². The van der Waals surface area contributed by atoms with Crippen LogP contribution in [0.5, 0.6) is 0 Å². The first-order valence-corrected chi connectivity index (χ1v) is 10.6. The summed E-state index contributed by atoms with van der Waals surface area (Å²) in [6, 6.07) is 6.97. The van der Waals surface area contributed by atoms with Gasteiger partial charge in [0.25, 0.3) is 5.91 Å². The number of rotatable bonds is 5. The van der Waals surface area contributed by atoms with E-state index in [2.05, 4.69) is 5.32 Å². The molecule has 138 valence electrons. The Hall–Kier alpha value is -1.44. The van der Waals surface area contributed by atoms with Crippen LogP contribution in [0.3, 0.4) is 0 Å². The van der Waals surface area contributed by atoms with E-state index in [1.807, 2.05) is 18.7 Å². The second-order valence-electron chi connectivity index (χ2n) is 6.71. The molecule has 1 N–H and O–H groups in total. The standard InChI is InChI=1S/C18H27N3O3S/c1-3-20(4-2)25(23,24)17-7-5-6-14(12-17)18(22)21-15-8-9-16(21)13-19-11-10-15/h5-7,12,15-16,19H,3-4,8-11,13H2,1-2H3. The summed E-state index contributed by atoms with van der Waals surface area (Å²) in [7, 11) is -3.56. The minimum Gasteiger partial charge on any atom is -0.331 e. The fourth-order valence-electron chi connectivity index (χ4n) is 3.97. The first-order chi connectivity index (χ1) is 12.0. The second kappa shape index (κ2) is 7.43. The Labute approximate surface area is 150 Å². The lowest BCUT2D eigenvalue weighted by atomic mass is 10.1. The van der Waals surface area contributed by atoms with Crippen molar-refractivity contribution in [3.05, 3.63) is 29.8 Å². The number of carbonyl (C=O) groups is 1. The molecule has 2 bridgehead atoms. The number of nitrogens with zero attached hydrogens (tertiary/aromatic N) is 2. The maximum Gasteiger partial charge on any atom is 0.254 e. The van der Waals surface area contributed by atoms with E-state index in [1.165, 1.54) is 10.4 Å². The predicted octanol–water partition coefficient (Wildman–Crippen LogP) is 1.68. The van der Waals surface area contributed by atoms with Crippen LogP contribution in [-0.4, -0.2) is 61.8 Å². The lowest BCUT2D eigenvalue weighted by Crippen LogP contribution is -2.42. The van der Waals surface area contributed by atoms with Gasteiger partial charge in [-0.25, -0.2) is 8.42 Å². The third-order valence-corrected chi connectivity index (χ3v) is 7.36. The Morgan fingerprint density at radius 3 is 2.64 bits per heavy atom. The molecular weight excluding hydrogens is 338 g/mol. The van der Waals surface area contributed by atoms with Crippen LogP contribution >= 0.6 is 0 Å². The Balaban J connectivity index is 1.90. The van der Waals surface area contributed by atoms with Gasteiger partial charge in [0.05, 0.1) is 4.90 Å². The summed E-state index contributed by atoms with van der Waals surface area (Å²) in [5.74, 6) is -0.0483. The highest BCUT2D eigenvalue weighted by Crippen LogP contribution is 2.30. The number of hydrogen-bond acceptors (Lipinski definition) is 4. The molecule has 1 aromatic carbocycles. The van der Waals surface area contributed by atoms with E-state index < -0.39 is 10.0 Å². The summed E-state index contributed by atoms with van der Waals surface area (Å²) in [5.41, 5.74) is 0.465. The summed E-state index contributed by atoms with van der Waals surface area (Å²) >= 11 is 0. The first kappa shape index (κ1) is 18.4. The Morgan fingerprint density at radius 2 is 1.92 bits per heavy atom. The topological polar surface area (TPSA) is 69.7 Å². The van der Waals surface area contributed by atoms with Gasteiger partial charge in [0.1, 0.15) is 0 Å². The van der Waals surface area contributed by atoms with Gasteiger partial charge in [-0.05, 0) is 44.0 Å². The molecule has 25 heavy (non-hydrogen) atoms. The van der Waals surface area contributed by atoms with E-state index in [0.29, 0.717) is 18.7 Å². The van der Waals surface area contributed by atoms with E-state index in [0.717, 1.165) is 32.4 Å². The molecule has 0 saturated carbocycles. The third kappa shape index (κ3) is 3.45. The Morgan fingerprint density at radius 1 is 1.20 bits per heavy atom. The molecule has 0 spiro atoms. The quantitative estimate of drug-likeness (QED) is 0.862. The molecule has 2 saturated heterocycles. The first-order valence-electron chi connectivity index (χ1n) is 9.12. The van der Waals surface area contributed by atoms with Gasteiger partial charge in [0.15, 0.2) is 0 Å². The minimum atomic E-state index is -3.56. The van der Waals surface area contributed by atoms with Crippen LogP contribution in [0.25, 0.3) is 0 Å². The molecule has 1 aromatic rings. The highest BCUT2D eigenvalue weighted by Gasteiger charge is 2.38. The zero-order valence-corrected chi connectivity index (χ0v) is 15.8. The van der Waals surface area contributed by atoms with Gasteiger partial charge >= 0.3 is 0 Å². The van der Waals surface area contributed by atoms with Crippen molar-refractivity contribution in [2.75, 3.05) is 26.2 Å². The van der Waals surface area contributed by atoms with Crippen molar-refractivity contribution in [2.45, 2.75) is 50.1 Å². The zero-order chi connectivity index (χ0) is 18.0. The number of benzene rings is 1. The van der Waals surface area contributed by atoms with E-state index in [1.54, 1.807) is 18.2 Å². The van der Waals surface area contributed by atoms with Crippen molar-refractivity contribution < 1.29 is 13.2 Å². The van der Waals surface area contributed by atoms with E-state index in [4.69, 9.17) is 0 Å². The van der Waals surface area contributed by atoms with Crippen LogP contribution in [0.2, 0.25) is 0 Å². The van der Waals surface area contributed by atoms with Gasteiger partial charge in [-0.15, -0.1) is 0 Å². The highest BCUT2D eigenvalue weighted by molar-refractivity contribution is 7.89. The number of amides is 1. The summed E-state index contributed by atoms with van der Waals surface area (Å²) in [6.45, 7) is 6.22. The molecule has 3 rings (SSSR count). The predicted molar refractivity (Wildman–Crippen MR) is 97.0 cm³/mol. The average Bonchev–Trinajstić information content (AvgIpc) is 2.88. The summed E-state index contributed by atoms with van der Waals surface area (Å²) < 4.78 is 26.9. The maximum absolute atomic E-state index is 13.1. The summed E-state index contributed by atoms with van der Waals surface area (Å²) in [4.78, 5) is 15.3. The largest absolute Gasteiger partial charge is 0.331 e. The van der Waals surface area contributed by atoms with Gasteiger partial charge in [-0.3, -0.25) is 4.79 Å². The molecule has 2 aliphatic heterocycles. The molecule has 2 heterocycles. The van der Waals surface area contributed by atoms with E-state index >= 15 is 0 Å². The maximum atomic E-state index is 13.1. The molecule has 2 unspecified atom stereocenters. The summed E-state index contributed by atoms with van der Waals surface area (Å²) in [6.07, 6.45) is 3.01. The van der Waals surface area contributed by atoms with E-state index in [9.17, 15) is 13.2 Å². The number of sulfonamides is 1. The Kier molecular flexibility index (Phi) is 5.46. The highest BCUT2D eigenvalue weighted by atomic mass is 32.2. The number of fused-ring (bicyclic) bond motifs is 2. The van der Waals surface area contributed by atoms with Crippen LogP contribution in [0.1, 0.15) is 43.5 Å². The minimum absolute atomic E-state index is 0.0483. The van der Waals surface area contributed by atoms with Gasteiger partial charge in [0.2, 0.25) is 10.0 Å². The molecule has 2 fully saturated rings. The lowest BCUT2D eigenvalue weighted by Gasteiger charge is -2.28.